The molecule has 10 aromatic rings. The van der Waals surface area contributed by atoms with E-state index in [0.717, 1.165) is 0 Å². The van der Waals surface area contributed by atoms with E-state index in [2.05, 4.69) is 158 Å². The molecule has 0 saturated heterocycles. The molecule has 0 saturated carbocycles. The fourth-order valence-electron chi connectivity index (χ4n) is 7.62. The van der Waals surface area contributed by atoms with Gasteiger partial charge in [-0.3, -0.25) is 0 Å². The third-order valence-corrected chi connectivity index (χ3v) is 12.4. The van der Waals surface area contributed by atoms with Gasteiger partial charge in [0.05, 0.1) is 0 Å². The summed E-state index contributed by atoms with van der Waals surface area (Å²) in [4.78, 5) is 0. The van der Waals surface area contributed by atoms with Crippen molar-refractivity contribution >= 4 is 89.9 Å². The normalized spacial score (nSPS) is 12.0. The first-order valence-corrected chi connectivity index (χ1v) is 17.2. The average molecular weight is 634 g/mol. The molecule has 0 aliphatic heterocycles. The molecule has 45 heavy (non-hydrogen) atoms. The van der Waals surface area contributed by atoms with Gasteiger partial charge in [0.25, 0.3) is 0 Å². The van der Waals surface area contributed by atoms with Gasteiger partial charge < -0.3 is 0 Å². The van der Waals surface area contributed by atoms with Crippen LogP contribution >= 0.6 is 0 Å². The molecular weight excluding hydrogens is 607 g/mol. The molecule has 0 aliphatic rings. The van der Waals surface area contributed by atoms with Crippen LogP contribution in [0.3, 0.4) is 0 Å². The van der Waals surface area contributed by atoms with Gasteiger partial charge in [-0.25, -0.2) is 0 Å². The summed E-state index contributed by atoms with van der Waals surface area (Å²) in [5.41, 5.74) is 2.67. The number of hydrogen-bond acceptors (Lipinski definition) is 0. The molecule has 10 rings (SSSR count). The van der Waals surface area contributed by atoms with Crippen LogP contribution in [0, 0.1) is 0 Å². The van der Waals surface area contributed by atoms with Gasteiger partial charge in [-0.1, -0.05) is 0 Å². The predicted molar refractivity (Wildman–Crippen MR) is 197 cm³/mol. The summed E-state index contributed by atoms with van der Waals surface area (Å²) in [6.45, 7) is 0. The van der Waals surface area contributed by atoms with Crippen molar-refractivity contribution in [2.45, 2.75) is 0 Å². The van der Waals surface area contributed by atoms with Gasteiger partial charge in [0.15, 0.2) is 0 Å². The third kappa shape index (κ3) is 3.66. The molecule has 0 N–H and O–H groups in total. The van der Waals surface area contributed by atoms with Crippen LogP contribution in [0.4, 0.5) is 0 Å². The second-order valence-corrected chi connectivity index (χ2v) is 14.2. The number of rotatable bonds is 2. The van der Waals surface area contributed by atoms with Crippen LogP contribution in [0.1, 0.15) is 0 Å². The summed E-state index contributed by atoms with van der Waals surface area (Å²) in [6.07, 6.45) is 0. The zero-order valence-corrected chi connectivity index (χ0v) is 26.1. The topological polar surface area (TPSA) is 0 Å². The Morgan fingerprint density at radius 3 is 0.778 bits per heavy atom. The Morgan fingerprint density at radius 2 is 0.467 bits per heavy atom. The quantitative estimate of drug-likeness (QED) is 0.131. The Bertz CT molecular complexity index is 2550. The van der Waals surface area contributed by atoms with Crippen LogP contribution < -0.4 is 0 Å². The van der Waals surface area contributed by atoms with E-state index in [1.54, 1.807) is 0 Å². The maximum absolute atomic E-state index is 2.46. The molecule has 0 fully saturated rings. The van der Waals surface area contributed by atoms with Crippen LogP contribution in [0.25, 0.3) is 95.4 Å². The third-order valence-electron chi connectivity index (χ3n) is 9.63. The van der Waals surface area contributed by atoms with E-state index in [-0.39, 0.29) is 14.5 Å². The monoisotopic (exact) mass is 634 g/mol. The van der Waals surface area contributed by atoms with Crippen molar-refractivity contribution in [3.05, 3.63) is 158 Å². The van der Waals surface area contributed by atoms with E-state index in [0.29, 0.717) is 0 Å². The van der Waals surface area contributed by atoms with E-state index in [1.807, 2.05) is 0 Å². The first-order chi connectivity index (χ1) is 22.3. The first kappa shape index (κ1) is 25.2. The predicted octanol–water partition coefficient (Wildman–Crippen LogP) is 12.1. The minimum absolute atomic E-state index is 0.157. The Hall–Kier alpha value is -5.20. The number of hydrogen-bond donors (Lipinski definition) is 0. The van der Waals surface area contributed by atoms with E-state index in [4.69, 9.17) is 0 Å². The van der Waals surface area contributed by atoms with Crippen molar-refractivity contribution in [3.8, 4) is 20.0 Å². The molecule has 0 amide bonds. The van der Waals surface area contributed by atoms with Crippen LogP contribution in [-0.4, -0.2) is 14.5 Å². The van der Waals surface area contributed by atoms with Gasteiger partial charge in [0.1, 0.15) is 0 Å². The fraction of sp³-hybridized carbons (Fsp3) is 0. The second-order valence-electron chi connectivity index (χ2n) is 12.0. The summed E-state index contributed by atoms with van der Waals surface area (Å²) in [7, 11) is 0. The average Bonchev–Trinajstić information content (AvgIpc) is 3.51. The molecule has 0 nitrogen and oxygen atoms in total. The summed E-state index contributed by atoms with van der Waals surface area (Å²) in [6, 6.07) is 58.8. The molecule has 0 atom stereocenters. The summed E-state index contributed by atoms with van der Waals surface area (Å²) >= 11 is 0.157. The Morgan fingerprint density at radius 1 is 0.222 bits per heavy atom. The summed E-state index contributed by atoms with van der Waals surface area (Å²) in [5.74, 6) is 0. The molecule has 0 bridgehead atoms. The second kappa shape index (κ2) is 9.65. The van der Waals surface area contributed by atoms with Gasteiger partial charge in [-0.15, -0.1) is 0 Å². The van der Waals surface area contributed by atoms with E-state index < -0.39 is 0 Å². The zero-order valence-electron chi connectivity index (χ0n) is 24.4. The Labute approximate surface area is 266 Å². The van der Waals surface area contributed by atoms with E-state index in [1.165, 1.54) is 95.4 Å². The maximum atomic E-state index is 2.46. The zero-order chi connectivity index (χ0) is 29.5. The molecule has 0 unspecified atom stereocenters. The molecule has 1 heterocycles. The SMILES string of the molecule is c1ccc2c(-c3ccc4c5ccccc5c5ccccc5c4c3)[se]c(-c3ccc4c5ccccc5c5ccccc5c4c3)c2c1. The molecule has 1 heteroatoms. The van der Waals surface area contributed by atoms with Crippen molar-refractivity contribution in [1.82, 2.24) is 0 Å². The molecular formula is C44H26Se. The fourth-order valence-corrected chi connectivity index (χ4v) is 10.3. The van der Waals surface area contributed by atoms with Crippen molar-refractivity contribution < 1.29 is 0 Å². The van der Waals surface area contributed by atoms with Crippen LogP contribution in [0.15, 0.2) is 158 Å². The van der Waals surface area contributed by atoms with Crippen molar-refractivity contribution in [3.63, 3.8) is 0 Å². The van der Waals surface area contributed by atoms with E-state index in [9.17, 15) is 0 Å². The van der Waals surface area contributed by atoms with E-state index >= 15 is 0 Å². The van der Waals surface area contributed by atoms with Crippen LogP contribution in [-0.2, 0) is 0 Å². The molecule has 208 valence electrons. The summed E-state index contributed by atoms with van der Waals surface area (Å²) in [5, 5.41) is 18.7. The Balaban J connectivity index is 1.23. The van der Waals surface area contributed by atoms with Crippen molar-refractivity contribution in [2.75, 3.05) is 0 Å². The first-order valence-electron chi connectivity index (χ1n) is 15.5. The molecule has 0 aliphatic carbocycles. The standard InChI is InChI=1S/C44H26Se/c1-3-15-33-29(11-1)31-13-5-7-17-35(31)41-25-27(21-23-37(33)41)43-39-19-9-10-20-40(39)44(45-43)28-22-24-38-34-16-4-2-12-30(34)32-14-6-8-18-36(32)42(38)26-28/h1-26H. The molecule has 1 aromatic heterocycles. The summed E-state index contributed by atoms with van der Waals surface area (Å²) < 4.78 is 2.94. The van der Waals surface area contributed by atoms with Gasteiger partial charge in [0.2, 0.25) is 0 Å². The van der Waals surface area contributed by atoms with Crippen LogP contribution in [0.5, 0.6) is 0 Å². The van der Waals surface area contributed by atoms with Gasteiger partial charge in [-0.2, -0.15) is 0 Å². The minimum atomic E-state index is 0.157. The Kier molecular flexibility index (Phi) is 5.39. The van der Waals surface area contributed by atoms with Crippen molar-refractivity contribution in [1.29, 1.82) is 0 Å². The van der Waals surface area contributed by atoms with Crippen molar-refractivity contribution in [2.24, 2.45) is 0 Å². The molecule has 0 radical (unpaired) electrons. The van der Waals surface area contributed by atoms with Crippen LogP contribution in [0.2, 0.25) is 0 Å². The van der Waals surface area contributed by atoms with Gasteiger partial charge in [0, 0.05) is 0 Å². The number of fused-ring (bicyclic) bond motifs is 13. The van der Waals surface area contributed by atoms with Gasteiger partial charge >= 0.3 is 268 Å². The number of benzene rings is 9. The van der Waals surface area contributed by atoms with Gasteiger partial charge in [-0.05, 0) is 0 Å². The molecule has 0 spiro atoms. The molecule has 9 aromatic carbocycles.